The predicted molar refractivity (Wildman–Crippen MR) is 99.1 cm³/mol. The molecule has 1 fully saturated rings. The second kappa shape index (κ2) is 7.40. The lowest BCUT2D eigenvalue weighted by atomic mass is 9.93. The van der Waals surface area contributed by atoms with Gasteiger partial charge in [-0.2, -0.15) is 0 Å². The van der Waals surface area contributed by atoms with Gasteiger partial charge in [0.2, 0.25) is 5.91 Å². The number of aryl methyl sites for hydroxylation is 2. The summed E-state index contributed by atoms with van der Waals surface area (Å²) in [5.41, 5.74) is 1.34. The van der Waals surface area contributed by atoms with Gasteiger partial charge in [-0.1, -0.05) is 30.3 Å². The number of carbonyl (C=O) groups excluding carboxylic acids is 1. The maximum Gasteiger partial charge on any atom is 0.237 e. The Morgan fingerprint density at radius 3 is 2.68 bits per heavy atom. The minimum Gasteiger partial charge on any atom is -0.348 e. The third kappa shape index (κ3) is 4.28. The molecule has 2 aromatic rings. The van der Waals surface area contributed by atoms with E-state index in [1.165, 1.54) is 5.56 Å². The zero-order valence-electron chi connectivity index (χ0n) is 15.4. The number of hydrogen-bond acceptors (Lipinski definition) is 3. The molecular weight excluding hydrogens is 312 g/mol. The molecule has 1 unspecified atom stereocenters. The summed E-state index contributed by atoms with van der Waals surface area (Å²) in [5, 5.41) is 3.06. The second-order valence-corrected chi connectivity index (χ2v) is 7.66. The van der Waals surface area contributed by atoms with Gasteiger partial charge >= 0.3 is 0 Å². The van der Waals surface area contributed by atoms with Crippen molar-refractivity contribution in [3.05, 3.63) is 54.1 Å². The molecule has 0 saturated carbocycles. The van der Waals surface area contributed by atoms with E-state index in [-0.39, 0.29) is 17.5 Å². The number of nitrogens with zero attached hydrogens (tertiary/aromatic N) is 3. The van der Waals surface area contributed by atoms with E-state index in [0.29, 0.717) is 6.54 Å². The summed E-state index contributed by atoms with van der Waals surface area (Å²) in [7, 11) is 0. The van der Waals surface area contributed by atoms with E-state index in [0.717, 1.165) is 31.8 Å². The number of benzene rings is 1. The van der Waals surface area contributed by atoms with E-state index in [1.807, 2.05) is 12.3 Å². The van der Waals surface area contributed by atoms with Gasteiger partial charge in [-0.15, -0.1) is 0 Å². The lowest BCUT2D eigenvalue weighted by Gasteiger charge is -2.48. The standard InChI is InChI=1S/C20H28N4O/c1-20(2,3)24-13-10-17(24)19(25)22-15-18-21-11-14-23(18)12-9-16-7-5-4-6-8-16/h4-8,11,14,17H,9-10,12-13,15H2,1-3H3,(H,22,25). The van der Waals surface area contributed by atoms with Crippen LogP contribution >= 0.6 is 0 Å². The summed E-state index contributed by atoms with van der Waals surface area (Å²) in [5.74, 6) is 1.02. The van der Waals surface area contributed by atoms with Crippen LogP contribution in [-0.2, 0) is 24.3 Å². The summed E-state index contributed by atoms with van der Waals surface area (Å²) in [6, 6.07) is 10.4. The molecule has 1 amide bonds. The molecule has 1 atom stereocenters. The number of nitrogens with one attached hydrogen (secondary N) is 1. The van der Waals surface area contributed by atoms with E-state index in [1.54, 1.807) is 6.20 Å². The van der Waals surface area contributed by atoms with Gasteiger partial charge in [-0.25, -0.2) is 4.98 Å². The first-order valence-electron chi connectivity index (χ1n) is 9.03. The molecular formula is C20H28N4O. The Bertz CT molecular complexity index is 702. The highest BCUT2D eigenvalue weighted by atomic mass is 16.2. The number of aromatic nitrogens is 2. The molecule has 25 heavy (non-hydrogen) atoms. The van der Waals surface area contributed by atoms with Crippen LogP contribution in [0.4, 0.5) is 0 Å². The van der Waals surface area contributed by atoms with Gasteiger partial charge in [-0.3, -0.25) is 9.69 Å². The van der Waals surface area contributed by atoms with Gasteiger partial charge in [0, 0.05) is 31.0 Å². The summed E-state index contributed by atoms with van der Waals surface area (Å²) < 4.78 is 2.12. The third-order valence-corrected chi connectivity index (χ3v) is 4.89. The Labute approximate surface area is 150 Å². The number of hydrogen-bond donors (Lipinski definition) is 1. The number of amides is 1. The van der Waals surface area contributed by atoms with Crippen molar-refractivity contribution in [3.8, 4) is 0 Å². The van der Waals surface area contributed by atoms with Gasteiger partial charge in [0.15, 0.2) is 0 Å². The van der Waals surface area contributed by atoms with Crippen LogP contribution in [0, 0.1) is 0 Å². The smallest absolute Gasteiger partial charge is 0.237 e. The molecule has 1 N–H and O–H groups in total. The molecule has 3 rings (SSSR count). The SMILES string of the molecule is CC(C)(C)N1CCC1C(=O)NCc1nccn1CCc1ccccc1. The average Bonchev–Trinajstić information content (AvgIpc) is 2.96. The number of likely N-dealkylation sites (tertiary alicyclic amines) is 1. The molecule has 5 nitrogen and oxygen atoms in total. The van der Waals surface area contributed by atoms with Crippen molar-refractivity contribution in [1.82, 2.24) is 19.8 Å². The summed E-state index contributed by atoms with van der Waals surface area (Å²) in [6.45, 7) is 8.81. The van der Waals surface area contributed by atoms with Gasteiger partial charge in [0.1, 0.15) is 5.82 Å². The fourth-order valence-electron chi connectivity index (χ4n) is 3.35. The predicted octanol–water partition coefficient (Wildman–Crippen LogP) is 2.61. The Morgan fingerprint density at radius 1 is 1.28 bits per heavy atom. The topological polar surface area (TPSA) is 50.2 Å². The zero-order valence-corrected chi connectivity index (χ0v) is 15.4. The molecule has 1 aliphatic heterocycles. The van der Waals surface area contributed by atoms with Crippen molar-refractivity contribution in [1.29, 1.82) is 0 Å². The first kappa shape index (κ1) is 17.7. The maximum absolute atomic E-state index is 12.5. The second-order valence-electron chi connectivity index (χ2n) is 7.66. The Morgan fingerprint density at radius 2 is 2.04 bits per heavy atom. The first-order chi connectivity index (χ1) is 11.9. The molecule has 1 aromatic heterocycles. The van der Waals surface area contributed by atoms with Crippen molar-refractivity contribution >= 4 is 5.91 Å². The van der Waals surface area contributed by atoms with Gasteiger partial charge in [0.25, 0.3) is 0 Å². The van der Waals surface area contributed by atoms with Crippen molar-refractivity contribution in [2.75, 3.05) is 6.54 Å². The monoisotopic (exact) mass is 340 g/mol. The molecule has 1 aliphatic rings. The lowest BCUT2D eigenvalue weighted by Crippen LogP contribution is -2.62. The normalized spacial score (nSPS) is 18.0. The van der Waals surface area contributed by atoms with Crippen LogP contribution in [0.25, 0.3) is 0 Å². The molecule has 1 saturated heterocycles. The number of carbonyl (C=O) groups is 1. The van der Waals surface area contributed by atoms with Crippen LogP contribution in [-0.4, -0.2) is 38.5 Å². The van der Waals surface area contributed by atoms with Crippen molar-refractivity contribution in [2.24, 2.45) is 0 Å². The molecule has 5 heteroatoms. The fourth-order valence-corrected chi connectivity index (χ4v) is 3.35. The largest absolute Gasteiger partial charge is 0.348 e. The Hall–Kier alpha value is -2.14. The quantitative estimate of drug-likeness (QED) is 0.879. The highest BCUT2D eigenvalue weighted by Gasteiger charge is 2.40. The van der Waals surface area contributed by atoms with E-state index in [2.05, 4.69) is 64.8 Å². The molecule has 0 bridgehead atoms. The molecule has 0 aliphatic carbocycles. The zero-order chi connectivity index (χ0) is 17.9. The minimum absolute atomic E-state index is 0.00673. The van der Waals surface area contributed by atoms with Crippen LogP contribution in [0.5, 0.6) is 0 Å². The van der Waals surface area contributed by atoms with Gasteiger partial charge in [0.05, 0.1) is 12.6 Å². The number of rotatable bonds is 6. The van der Waals surface area contributed by atoms with Crippen LogP contribution in [0.2, 0.25) is 0 Å². The lowest BCUT2D eigenvalue weighted by molar-refractivity contribution is -0.135. The molecule has 2 heterocycles. The maximum atomic E-state index is 12.5. The van der Waals surface area contributed by atoms with E-state index >= 15 is 0 Å². The van der Waals surface area contributed by atoms with Crippen molar-refractivity contribution in [3.63, 3.8) is 0 Å². The molecule has 134 valence electrons. The average molecular weight is 340 g/mol. The summed E-state index contributed by atoms with van der Waals surface area (Å²) in [4.78, 5) is 19.1. The first-order valence-corrected chi connectivity index (χ1v) is 9.03. The van der Waals surface area contributed by atoms with Gasteiger partial charge in [-0.05, 0) is 39.2 Å². The highest BCUT2D eigenvalue weighted by molar-refractivity contribution is 5.82. The van der Waals surface area contributed by atoms with Crippen LogP contribution in [0.1, 0.15) is 38.6 Å². The van der Waals surface area contributed by atoms with E-state index in [4.69, 9.17) is 0 Å². The van der Waals surface area contributed by atoms with Crippen molar-refractivity contribution < 1.29 is 4.79 Å². The van der Waals surface area contributed by atoms with E-state index < -0.39 is 0 Å². The molecule has 1 aromatic carbocycles. The summed E-state index contributed by atoms with van der Waals surface area (Å²) in [6.07, 6.45) is 5.68. The van der Waals surface area contributed by atoms with Crippen molar-refractivity contribution in [2.45, 2.75) is 58.3 Å². The van der Waals surface area contributed by atoms with E-state index in [9.17, 15) is 4.79 Å². The Balaban J connectivity index is 1.52. The van der Waals surface area contributed by atoms with Crippen LogP contribution in [0.15, 0.2) is 42.7 Å². The fraction of sp³-hybridized carbons (Fsp3) is 0.500. The Kier molecular flexibility index (Phi) is 5.23. The summed E-state index contributed by atoms with van der Waals surface area (Å²) >= 11 is 0. The minimum atomic E-state index is -0.00673. The van der Waals surface area contributed by atoms with Crippen LogP contribution in [0.3, 0.4) is 0 Å². The molecule has 0 spiro atoms. The molecule has 0 radical (unpaired) electrons. The third-order valence-electron chi connectivity index (χ3n) is 4.89. The number of imidazole rings is 1. The van der Waals surface area contributed by atoms with Crippen LogP contribution < -0.4 is 5.32 Å². The highest BCUT2D eigenvalue weighted by Crippen LogP contribution is 2.27. The van der Waals surface area contributed by atoms with Gasteiger partial charge < -0.3 is 9.88 Å².